The Labute approximate surface area is 200 Å². The van der Waals surface area contributed by atoms with E-state index in [-0.39, 0.29) is 17.6 Å². The first-order valence-electron chi connectivity index (χ1n) is 10.6. The minimum atomic E-state index is -0.374. The number of morpholine rings is 1. The molecule has 1 aliphatic heterocycles. The number of anilines is 2. The molecule has 1 saturated heterocycles. The number of nitrogens with zero attached hydrogens (tertiary/aromatic N) is 4. The van der Waals surface area contributed by atoms with E-state index in [0.29, 0.717) is 34.9 Å². The van der Waals surface area contributed by atoms with Crippen LogP contribution in [0, 0.1) is 6.92 Å². The van der Waals surface area contributed by atoms with Crippen LogP contribution in [0.15, 0.2) is 41.6 Å². The Kier molecular flexibility index (Phi) is 7.63. The van der Waals surface area contributed by atoms with E-state index in [1.165, 1.54) is 23.1 Å². The van der Waals surface area contributed by atoms with Gasteiger partial charge in [0.15, 0.2) is 5.16 Å². The zero-order valence-corrected chi connectivity index (χ0v) is 20.1. The van der Waals surface area contributed by atoms with Crippen LogP contribution in [-0.2, 0) is 14.3 Å². The number of ether oxygens (including phenoxy) is 2. The molecule has 2 aromatic heterocycles. The third kappa shape index (κ3) is 5.55. The Bertz CT molecular complexity index is 1110. The molecule has 11 heteroatoms. The van der Waals surface area contributed by atoms with Crippen molar-refractivity contribution in [2.75, 3.05) is 48.9 Å². The Morgan fingerprint density at radius 3 is 2.70 bits per heavy atom. The first-order valence-corrected chi connectivity index (χ1v) is 12.4. The van der Waals surface area contributed by atoms with Crippen molar-refractivity contribution in [3.8, 4) is 5.69 Å². The van der Waals surface area contributed by atoms with Crippen LogP contribution in [0.4, 0.5) is 10.9 Å². The highest BCUT2D eigenvalue weighted by atomic mass is 32.2. The molecule has 0 radical (unpaired) electrons. The third-order valence-corrected chi connectivity index (χ3v) is 6.96. The molecule has 0 bridgehead atoms. The highest BCUT2D eigenvalue weighted by Gasteiger charge is 2.22. The van der Waals surface area contributed by atoms with Crippen LogP contribution in [0.1, 0.15) is 22.2 Å². The van der Waals surface area contributed by atoms with Crippen LogP contribution in [0.2, 0.25) is 0 Å². The maximum Gasteiger partial charge on any atom is 0.348 e. The van der Waals surface area contributed by atoms with Crippen molar-refractivity contribution in [1.29, 1.82) is 0 Å². The molecule has 33 heavy (non-hydrogen) atoms. The number of carbonyl (C=O) groups is 2. The standard InChI is InChI=1S/C22H25N5O4S2/c1-3-31-20(29)19-15(2)13-18(33-19)23-17(28)14-32-22-25-24-21(26-9-11-30-12-10-26)27(22)16-7-5-4-6-8-16/h4-8,13H,3,9-12,14H2,1-2H3,(H,23,28). The number of rotatable bonds is 8. The highest BCUT2D eigenvalue weighted by Crippen LogP contribution is 2.29. The lowest BCUT2D eigenvalue weighted by atomic mass is 10.3. The molecular formula is C22H25N5O4S2. The fourth-order valence-electron chi connectivity index (χ4n) is 3.37. The SMILES string of the molecule is CCOC(=O)c1sc(NC(=O)CSc2nnc(N3CCOCC3)n2-c2ccccc2)cc1C. The summed E-state index contributed by atoms with van der Waals surface area (Å²) in [5.74, 6) is 0.328. The van der Waals surface area contributed by atoms with Crippen molar-refractivity contribution in [1.82, 2.24) is 14.8 Å². The fraction of sp³-hybridized carbons (Fsp3) is 0.364. The van der Waals surface area contributed by atoms with Crippen molar-refractivity contribution < 1.29 is 19.1 Å². The molecule has 1 amide bonds. The van der Waals surface area contributed by atoms with Gasteiger partial charge in [-0.3, -0.25) is 9.36 Å². The fourth-order valence-corrected chi connectivity index (χ4v) is 5.10. The summed E-state index contributed by atoms with van der Waals surface area (Å²) < 4.78 is 12.5. The van der Waals surface area contributed by atoms with E-state index in [2.05, 4.69) is 20.4 Å². The number of aryl methyl sites for hydroxylation is 1. The van der Waals surface area contributed by atoms with Crippen molar-refractivity contribution >= 4 is 45.9 Å². The molecule has 1 N–H and O–H groups in total. The minimum Gasteiger partial charge on any atom is -0.462 e. The van der Waals surface area contributed by atoms with E-state index in [1.54, 1.807) is 13.0 Å². The average molecular weight is 488 g/mol. The number of thioether (sulfide) groups is 1. The summed E-state index contributed by atoms with van der Waals surface area (Å²) in [6.45, 7) is 6.64. The molecule has 0 aliphatic carbocycles. The second-order valence-electron chi connectivity index (χ2n) is 7.23. The molecule has 1 aromatic carbocycles. The second-order valence-corrected chi connectivity index (χ2v) is 9.23. The van der Waals surface area contributed by atoms with Gasteiger partial charge in [-0.2, -0.15) is 0 Å². The molecule has 3 aromatic rings. The van der Waals surface area contributed by atoms with Gasteiger partial charge >= 0.3 is 5.97 Å². The zero-order valence-electron chi connectivity index (χ0n) is 18.4. The Balaban J connectivity index is 1.47. The number of thiophene rings is 1. The smallest absolute Gasteiger partial charge is 0.348 e. The van der Waals surface area contributed by atoms with Crippen molar-refractivity contribution in [3.63, 3.8) is 0 Å². The lowest BCUT2D eigenvalue weighted by Gasteiger charge is -2.27. The van der Waals surface area contributed by atoms with E-state index in [4.69, 9.17) is 9.47 Å². The molecule has 0 spiro atoms. The minimum absolute atomic E-state index is 0.153. The quantitative estimate of drug-likeness (QED) is 0.381. The molecule has 0 atom stereocenters. The van der Waals surface area contributed by atoms with Crippen molar-refractivity contribution in [2.24, 2.45) is 0 Å². The van der Waals surface area contributed by atoms with Gasteiger partial charge in [-0.05, 0) is 37.6 Å². The molecule has 1 aliphatic rings. The summed E-state index contributed by atoms with van der Waals surface area (Å²) in [5.41, 5.74) is 1.71. The zero-order chi connectivity index (χ0) is 23.2. The summed E-state index contributed by atoms with van der Waals surface area (Å²) in [7, 11) is 0. The van der Waals surface area contributed by atoms with E-state index in [9.17, 15) is 9.59 Å². The molecule has 174 valence electrons. The summed E-state index contributed by atoms with van der Waals surface area (Å²) >= 11 is 2.52. The monoisotopic (exact) mass is 487 g/mol. The lowest BCUT2D eigenvalue weighted by molar-refractivity contribution is -0.113. The number of hydrogen-bond donors (Lipinski definition) is 1. The van der Waals surface area contributed by atoms with Crippen LogP contribution < -0.4 is 10.2 Å². The van der Waals surface area contributed by atoms with E-state index in [0.717, 1.165) is 30.3 Å². The van der Waals surface area contributed by atoms with Gasteiger partial charge in [-0.15, -0.1) is 21.5 Å². The van der Waals surface area contributed by atoms with Gasteiger partial charge in [-0.25, -0.2) is 4.79 Å². The molecule has 4 rings (SSSR count). The van der Waals surface area contributed by atoms with Crippen LogP contribution in [0.5, 0.6) is 0 Å². The number of benzene rings is 1. The highest BCUT2D eigenvalue weighted by molar-refractivity contribution is 7.99. The van der Waals surface area contributed by atoms with Crippen LogP contribution in [0.25, 0.3) is 5.69 Å². The van der Waals surface area contributed by atoms with Crippen LogP contribution >= 0.6 is 23.1 Å². The van der Waals surface area contributed by atoms with Gasteiger partial charge in [0.1, 0.15) is 4.88 Å². The van der Waals surface area contributed by atoms with Crippen LogP contribution in [-0.4, -0.2) is 65.3 Å². The van der Waals surface area contributed by atoms with Gasteiger partial charge in [0, 0.05) is 13.1 Å². The topological polar surface area (TPSA) is 98.6 Å². The second kappa shape index (κ2) is 10.8. The van der Waals surface area contributed by atoms with E-state index >= 15 is 0 Å². The number of carbonyl (C=O) groups excluding carboxylic acids is 2. The summed E-state index contributed by atoms with van der Waals surface area (Å²) in [6.07, 6.45) is 0. The number of amides is 1. The van der Waals surface area contributed by atoms with Gasteiger partial charge < -0.3 is 19.7 Å². The molecule has 9 nitrogen and oxygen atoms in total. The molecule has 0 unspecified atom stereocenters. The Morgan fingerprint density at radius 1 is 1.21 bits per heavy atom. The number of para-hydroxylation sites is 1. The first-order chi connectivity index (χ1) is 16.1. The summed E-state index contributed by atoms with van der Waals surface area (Å²) in [6, 6.07) is 11.6. The molecule has 3 heterocycles. The molecule has 1 fully saturated rings. The summed E-state index contributed by atoms with van der Waals surface area (Å²) in [5, 5.41) is 12.9. The Hall–Kier alpha value is -2.89. The largest absolute Gasteiger partial charge is 0.462 e. The average Bonchev–Trinajstić information content (AvgIpc) is 3.42. The van der Waals surface area contributed by atoms with Crippen molar-refractivity contribution in [3.05, 3.63) is 46.8 Å². The Morgan fingerprint density at radius 2 is 1.97 bits per heavy atom. The molecule has 0 saturated carbocycles. The van der Waals surface area contributed by atoms with Gasteiger partial charge in [0.2, 0.25) is 11.9 Å². The number of aromatic nitrogens is 3. The predicted octanol–water partition coefficient (Wildman–Crippen LogP) is 3.38. The normalized spacial score (nSPS) is 13.7. The van der Waals surface area contributed by atoms with Gasteiger partial charge in [0.25, 0.3) is 0 Å². The lowest BCUT2D eigenvalue weighted by Crippen LogP contribution is -2.37. The van der Waals surface area contributed by atoms with Crippen LogP contribution in [0.3, 0.4) is 0 Å². The van der Waals surface area contributed by atoms with Gasteiger partial charge in [0.05, 0.1) is 36.3 Å². The number of nitrogens with one attached hydrogen (secondary N) is 1. The van der Waals surface area contributed by atoms with Crippen molar-refractivity contribution in [2.45, 2.75) is 19.0 Å². The third-order valence-electron chi connectivity index (χ3n) is 4.90. The first kappa shape index (κ1) is 23.3. The number of hydrogen-bond acceptors (Lipinski definition) is 9. The van der Waals surface area contributed by atoms with E-state index < -0.39 is 0 Å². The maximum atomic E-state index is 12.6. The van der Waals surface area contributed by atoms with Gasteiger partial charge in [-0.1, -0.05) is 30.0 Å². The summed E-state index contributed by atoms with van der Waals surface area (Å²) in [4.78, 5) is 27.3. The predicted molar refractivity (Wildman–Crippen MR) is 129 cm³/mol. The van der Waals surface area contributed by atoms with E-state index in [1.807, 2.05) is 41.8 Å². The molecular weight excluding hydrogens is 462 g/mol. The maximum absolute atomic E-state index is 12.6. The number of esters is 1.